The molecule has 0 saturated heterocycles. The lowest BCUT2D eigenvalue weighted by molar-refractivity contribution is 0.563. The van der Waals surface area contributed by atoms with Crippen molar-refractivity contribution in [3.63, 3.8) is 0 Å². The van der Waals surface area contributed by atoms with Crippen molar-refractivity contribution in [1.82, 2.24) is 0 Å². The van der Waals surface area contributed by atoms with E-state index >= 15 is 0 Å². The van der Waals surface area contributed by atoms with Crippen molar-refractivity contribution in [3.05, 3.63) is 246 Å². The van der Waals surface area contributed by atoms with Crippen molar-refractivity contribution in [2.45, 2.75) is 24.7 Å². The van der Waals surface area contributed by atoms with Crippen molar-refractivity contribution >= 4 is 27.8 Å². The van der Waals surface area contributed by atoms with Gasteiger partial charge in [0.25, 0.3) is 0 Å². The zero-order valence-corrected chi connectivity index (χ0v) is 32.2. The van der Waals surface area contributed by atoms with Gasteiger partial charge in [0.15, 0.2) is 0 Å². The Morgan fingerprint density at radius 3 is 1.39 bits per heavy atom. The second-order valence-corrected chi connectivity index (χ2v) is 16.1. The van der Waals surface area contributed by atoms with Gasteiger partial charge in [0.1, 0.15) is 0 Å². The van der Waals surface area contributed by atoms with Gasteiger partial charge in [-0.25, -0.2) is 0 Å². The van der Waals surface area contributed by atoms with E-state index in [0.29, 0.717) is 0 Å². The van der Waals surface area contributed by atoms with E-state index in [0.717, 1.165) is 17.1 Å². The second-order valence-electron chi connectivity index (χ2n) is 16.1. The number of rotatable bonds is 5. The summed E-state index contributed by atoms with van der Waals surface area (Å²) in [5.41, 5.74) is 18.5. The average molecular weight is 728 g/mol. The van der Waals surface area contributed by atoms with Crippen molar-refractivity contribution in [2.24, 2.45) is 0 Å². The summed E-state index contributed by atoms with van der Waals surface area (Å²) in [4.78, 5) is 2.43. The quantitative estimate of drug-likeness (QED) is 0.171. The molecular weight excluding hydrogens is 687 g/mol. The SMILES string of the molecule is CC1(C)c2ccccc2C2(c3ccccc3-c3cc(N(c4ccc(-c5ccc(-c6ccccc6)cc5)cc4)c4ccc5ccccc5c4)ccc32)c2ccccc21. The molecule has 0 saturated carbocycles. The van der Waals surface area contributed by atoms with Gasteiger partial charge in [-0.1, -0.05) is 190 Å². The third-order valence-corrected chi connectivity index (χ3v) is 12.7. The van der Waals surface area contributed by atoms with Gasteiger partial charge in [-0.3, -0.25) is 0 Å². The highest BCUT2D eigenvalue weighted by Crippen LogP contribution is 2.62. The number of benzene rings is 9. The number of nitrogens with zero attached hydrogens (tertiary/aromatic N) is 1. The van der Waals surface area contributed by atoms with Crippen LogP contribution >= 0.6 is 0 Å². The van der Waals surface area contributed by atoms with E-state index in [9.17, 15) is 0 Å². The Bertz CT molecular complexity index is 2920. The maximum atomic E-state index is 2.44. The van der Waals surface area contributed by atoms with Crippen LogP contribution in [0.1, 0.15) is 47.2 Å². The monoisotopic (exact) mass is 727 g/mol. The first-order valence-corrected chi connectivity index (χ1v) is 20.0. The summed E-state index contributed by atoms with van der Waals surface area (Å²) in [6.45, 7) is 4.77. The van der Waals surface area contributed by atoms with E-state index in [1.807, 2.05) is 0 Å². The minimum Gasteiger partial charge on any atom is -0.310 e. The number of hydrogen-bond acceptors (Lipinski definition) is 1. The predicted octanol–water partition coefficient (Wildman–Crippen LogP) is 14.6. The van der Waals surface area contributed by atoms with Crippen molar-refractivity contribution in [3.8, 4) is 33.4 Å². The van der Waals surface area contributed by atoms with Gasteiger partial charge in [-0.2, -0.15) is 0 Å². The molecule has 0 atom stereocenters. The standard InChI is InChI=1S/C56H41N/c1-55(2)51-20-10-12-22-53(51)56(54-23-13-11-21-52(54)55)49-19-9-8-18-47(49)48-37-46(34-35-50(48)56)57(45-33-30-39-16-6-7-17-43(39)36-45)44-31-28-42(29-32-44)41-26-24-40(25-27-41)38-14-4-3-5-15-38/h3-37H,1-2H3. The smallest absolute Gasteiger partial charge is 0.0719 e. The van der Waals surface area contributed by atoms with Crippen LogP contribution < -0.4 is 4.90 Å². The molecule has 0 amide bonds. The Hall–Kier alpha value is -6.96. The van der Waals surface area contributed by atoms with E-state index in [1.54, 1.807) is 0 Å². The molecule has 2 aliphatic rings. The summed E-state index contributed by atoms with van der Waals surface area (Å²) in [5.74, 6) is 0. The Balaban J connectivity index is 1.08. The van der Waals surface area contributed by atoms with E-state index in [-0.39, 0.29) is 5.41 Å². The molecule has 1 spiro atoms. The van der Waals surface area contributed by atoms with Crippen LogP contribution in [-0.4, -0.2) is 0 Å². The van der Waals surface area contributed by atoms with Gasteiger partial charge < -0.3 is 4.90 Å². The van der Waals surface area contributed by atoms with E-state index in [4.69, 9.17) is 0 Å². The molecule has 1 nitrogen and oxygen atoms in total. The minimum atomic E-state index is -0.418. The lowest BCUT2D eigenvalue weighted by atomic mass is 9.55. The molecule has 0 aliphatic heterocycles. The van der Waals surface area contributed by atoms with Crippen molar-refractivity contribution in [2.75, 3.05) is 4.90 Å². The lowest BCUT2D eigenvalue weighted by Crippen LogP contribution is -2.40. The molecule has 57 heavy (non-hydrogen) atoms. The van der Waals surface area contributed by atoms with Gasteiger partial charge >= 0.3 is 0 Å². The normalized spacial score (nSPS) is 14.1. The molecule has 2 aliphatic carbocycles. The van der Waals surface area contributed by atoms with Gasteiger partial charge in [0.05, 0.1) is 5.41 Å². The summed E-state index contributed by atoms with van der Waals surface area (Å²) in [7, 11) is 0. The van der Waals surface area contributed by atoms with Crippen LogP contribution in [0, 0.1) is 0 Å². The Morgan fingerprint density at radius 2 is 0.737 bits per heavy atom. The Kier molecular flexibility index (Phi) is 7.50. The van der Waals surface area contributed by atoms with Gasteiger partial charge in [-0.15, -0.1) is 0 Å². The largest absolute Gasteiger partial charge is 0.310 e. The molecule has 0 fully saturated rings. The fourth-order valence-electron chi connectivity index (χ4n) is 10.0. The summed E-state index contributed by atoms with van der Waals surface area (Å²) in [5, 5.41) is 2.46. The maximum absolute atomic E-state index is 2.44. The highest BCUT2D eigenvalue weighted by Gasteiger charge is 2.53. The zero-order chi connectivity index (χ0) is 38.1. The molecule has 0 radical (unpaired) electrons. The molecule has 11 rings (SSSR count). The van der Waals surface area contributed by atoms with Crippen LogP contribution in [0.2, 0.25) is 0 Å². The van der Waals surface area contributed by atoms with Crippen LogP contribution in [0.15, 0.2) is 212 Å². The first kappa shape index (κ1) is 33.4. The molecule has 0 heterocycles. The van der Waals surface area contributed by atoms with Crippen molar-refractivity contribution in [1.29, 1.82) is 0 Å². The molecule has 0 N–H and O–H groups in total. The van der Waals surface area contributed by atoms with Gasteiger partial charge in [0, 0.05) is 22.5 Å². The first-order valence-electron chi connectivity index (χ1n) is 20.0. The summed E-state index contributed by atoms with van der Waals surface area (Å²) < 4.78 is 0. The zero-order valence-electron chi connectivity index (χ0n) is 32.2. The lowest BCUT2D eigenvalue weighted by Gasteiger charge is -2.46. The van der Waals surface area contributed by atoms with Crippen LogP contribution in [0.25, 0.3) is 44.2 Å². The van der Waals surface area contributed by atoms with Gasteiger partial charge in [-0.05, 0) is 114 Å². The molecule has 0 unspecified atom stereocenters. The number of hydrogen-bond donors (Lipinski definition) is 0. The molecule has 0 aromatic heterocycles. The summed E-state index contributed by atoms with van der Waals surface area (Å²) in [6, 6.07) is 78.7. The third kappa shape index (κ3) is 5.02. The molecule has 9 aromatic rings. The third-order valence-electron chi connectivity index (χ3n) is 12.7. The van der Waals surface area contributed by atoms with Gasteiger partial charge in [0.2, 0.25) is 0 Å². The summed E-state index contributed by atoms with van der Waals surface area (Å²) in [6.07, 6.45) is 0. The fraction of sp³-hybridized carbons (Fsp3) is 0.0714. The van der Waals surface area contributed by atoms with Crippen molar-refractivity contribution < 1.29 is 0 Å². The molecular formula is C56H41N. The molecule has 270 valence electrons. The predicted molar refractivity (Wildman–Crippen MR) is 239 cm³/mol. The first-order chi connectivity index (χ1) is 28.0. The molecule has 9 aromatic carbocycles. The van der Waals surface area contributed by atoms with Crippen LogP contribution in [0.3, 0.4) is 0 Å². The maximum Gasteiger partial charge on any atom is 0.0719 e. The molecule has 1 heteroatoms. The van der Waals surface area contributed by atoms with E-state index in [1.165, 1.54) is 77.5 Å². The number of fused-ring (bicyclic) bond motifs is 10. The topological polar surface area (TPSA) is 3.24 Å². The van der Waals surface area contributed by atoms with E-state index < -0.39 is 5.41 Å². The minimum absolute atomic E-state index is 0.126. The fourth-order valence-corrected chi connectivity index (χ4v) is 10.0. The second kappa shape index (κ2) is 12.8. The average Bonchev–Trinajstić information content (AvgIpc) is 3.57. The van der Waals surface area contributed by atoms with Crippen LogP contribution in [-0.2, 0) is 10.8 Å². The van der Waals surface area contributed by atoms with Crippen LogP contribution in [0.4, 0.5) is 17.1 Å². The highest BCUT2D eigenvalue weighted by molar-refractivity contribution is 5.93. The molecule has 0 bridgehead atoms. The highest BCUT2D eigenvalue weighted by atomic mass is 15.1. The Morgan fingerprint density at radius 1 is 0.298 bits per heavy atom. The number of anilines is 3. The van der Waals surface area contributed by atoms with E-state index in [2.05, 4.69) is 231 Å². The Labute approximate surface area is 335 Å². The van der Waals surface area contributed by atoms with Crippen LogP contribution in [0.5, 0.6) is 0 Å². The summed E-state index contributed by atoms with van der Waals surface area (Å²) >= 11 is 0.